The van der Waals surface area contributed by atoms with E-state index in [1.165, 1.54) is 6.07 Å². The van der Waals surface area contributed by atoms with Crippen molar-refractivity contribution in [3.8, 4) is 11.1 Å². The van der Waals surface area contributed by atoms with Crippen LogP contribution < -0.4 is 16.4 Å². The van der Waals surface area contributed by atoms with E-state index < -0.39 is 5.82 Å². The molecule has 0 aliphatic heterocycles. The molecule has 2 aromatic carbocycles. The second-order valence-electron chi connectivity index (χ2n) is 10.0. The molecule has 5 N–H and O–H groups in total. The quantitative estimate of drug-likeness (QED) is 0.0784. The first-order valence-electron chi connectivity index (χ1n) is 13.7. The van der Waals surface area contributed by atoms with E-state index in [2.05, 4.69) is 40.3 Å². The van der Waals surface area contributed by atoms with Gasteiger partial charge in [-0.1, -0.05) is 68.3 Å². The second kappa shape index (κ2) is 13.9. The number of nitrogens with one attached hydrogen (secondary N) is 3. The minimum Gasteiger partial charge on any atom is -0.398 e. The van der Waals surface area contributed by atoms with Gasteiger partial charge in [0.15, 0.2) is 0 Å². The molecule has 0 spiro atoms. The normalized spacial score (nSPS) is 11.7. The maximum atomic E-state index is 15.2. The number of hydrogen-bond donors (Lipinski definition) is 4. The van der Waals surface area contributed by atoms with Crippen molar-refractivity contribution in [2.75, 3.05) is 11.1 Å². The molecule has 7 heteroatoms. The summed E-state index contributed by atoms with van der Waals surface area (Å²) in [5.74, 6) is -0.517. The van der Waals surface area contributed by atoms with Crippen LogP contribution in [0.1, 0.15) is 30.7 Å². The maximum absolute atomic E-state index is 15.2. The fourth-order valence-electron chi connectivity index (χ4n) is 4.56. The van der Waals surface area contributed by atoms with E-state index in [0.29, 0.717) is 28.9 Å². The van der Waals surface area contributed by atoms with Crippen molar-refractivity contribution in [1.82, 2.24) is 15.3 Å². The van der Waals surface area contributed by atoms with Crippen LogP contribution in [0.15, 0.2) is 140 Å². The lowest BCUT2D eigenvalue weighted by atomic mass is 9.97. The average molecular weight is 571 g/mol. The Hall–Kier alpha value is -5.56. The Morgan fingerprint density at radius 1 is 1.02 bits per heavy atom. The van der Waals surface area contributed by atoms with Gasteiger partial charge in [-0.05, 0) is 55.3 Å². The smallest absolute Gasteiger partial charge is 0.133 e. The number of nitrogen functional groups attached to an aromatic ring is 1. The third-order valence-corrected chi connectivity index (χ3v) is 6.87. The lowest BCUT2D eigenvalue weighted by Crippen LogP contribution is -2.20. The van der Waals surface area contributed by atoms with Crippen LogP contribution >= 0.6 is 0 Å². The molecule has 0 aliphatic carbocycles. The molecule has 0 radical (unpaired) electrons. The third kappa shape index (κ3) is 7.59. The molecule has 6 nitrogen and oxygen atoms in total. The summed E-state index contributed by atoms with van der Waals surface area (Å²) in [6.07, 6.45) is 9.18. The fraction of sp³-hybridized carbons (Fsp3) is 0.0833. The summed E-state index contributed by atoms with van der Waals surface area (Å²) < 4.78 is 15.2. The van der Waals surface area contributed by atoms with Crippen LogP contribution in [-0.2, 0) is 6.42 Å². The van der Waals surface area contributed by atoms with Crippen molar-refractivity contribution in [1.29, 1.82) is 5.41 Å². The molecule has 2 aromatic heterocycles. The van der Waals surface area contributed by atoms with Crippen LogP contribution in [0.2, 0.25) is 0 Å². The zero-order valence-electron chi connectivity index (χ0n) is 24.4. The summed E-state index contributed by atoms with van der Waals surface area (Å²) in [6, 6.07) is 20.2. The Labute approximate surface area is 252 Å². The average Bonchev–Trinajstić information content (AvgIpc) is 3.00. The van der Waals surface area contributed by atoms with Crippen LogP contribution in [0.25, 0.3) is 16.7 Å². The molecule has 216 valence electrons. The van der Waals surface area contributed by atoms with E-state index in [4.69, 9.17) is 11.1 Å². The van der Waals surface area contributed by atoms with Gasteiger partial charge in [-0.25, -0.2) is 4.39 Å². The minimum absolute atomic E-state index is 0.0384. The molecule has 4 aromatic rings. The first kappa shape index (κ1) is 30.4. The van der Waals surface area contributed by atoms with Crippen molar-refractivity contribution in [3.05, 3.63) is 163 Å². The highest BCUT2D eigenvalue weighted by molar-refractivity contribution is 6.13. The van der Waals surface area contributed by atoms with Crippen molar-refractivity contribution >= 4 is 22.7 Å². The Bertz CT molecular complexity index is 1740. The number of nitrogens with two attached hydrogens (primary N) is 1. The molecule has 2 heterocycles. The molecule has 0 saturated heterocycles. The standard InChI is InChI=1S/C36H35FN6/c1-6-12-30(35-15-10-11-16-41-35)24(3)25(4)43-26(5)36(39)32-19-31(33(37)20-34(32)38)28-18-29(22-40-21-28)42-23(2)17-27-13-8-7-9-14-27/h6-16,18-22,39,42-43H,1-2,5,17,38H2,3-4H3/b25-24+,30-12+,39-36?. The summed E-state index contributed by atoms with van der Waals surface area (Å²) >= 11 is 0. The molecule has 43 heavy (non-hydrogen) atoms. The van der Waals surface area contributed by atoms with Crippen molar-refractivity contribution < 1.29 is 4.39 Å². The molecular formula is C36H35FN6. The first-order valence-corrected chi connectivity index (χ1v) is 13.7. The first-order chi connectivity index (χ1) is 20.7. The molecule has 0 atom stereocenters. The van der Waals surface area contributed by atoms with E-state index in [1.54, 1.807) is 36.8 Å². The van der Waals surface area contributed by atoms with Crippen LogP contribution in [0.4, 0.5) is 15.8 Å². The third-order valence-electron chi connectivity index (χ3n) is 6.87. The number of aromatic nitrogens is 2. The van der Waals surface area contributed by atoms with E-state index in [9.17, 15) is 0 Å². The van der Waals surface area contributed by atoms with Gasteiger partial charge < -0.3 is 16.4 Å². The largest absolute Gasteiger partial charge is 0.398 e. The van der Waals surface area contributed by atoms with Gasteiger partial charge in [-0.15, -0.1) is 0 Å². The summed E-state index contributed by atoms with van der Waals surface area (Å²) in [7, 11) is 0. The summed E-state index contributed by atoms with van der Waals surface area (Å²) in [6.45, 7) is 15.9. The highest BCUT2D eigenvalue weighted by atomic mass is 19.1. The van der Waals surface area contributed by atoms with Gasteiger partial charge in [0.2, 0.25) is 0 Å². The lowest BCUT2D eigenvalue weighted by Gasteiger charge is -2.18. The number of benzene rings is 2. The SMILES string of the molecule is C=C/C=C(\C(C)=C(/C)NC(=C)C(=N)c1cc(-c2cncc(NC(=C)Cc3ccccc3)c2)c(F)cc1N)c1ccccn1. The number of anilines is 2. The zero-order valence-corrected chi connectivity index (χ0v) is 24.4. The van der Waals surface area contributed by atoms with Crippen LogP contribution in [-0.4, -0.2) is 15.7 Å². The minimum atomic E-state index is -0.517. The molecular weight excluding hydrogens is 535 g/mol. The van der Waals surface area contributed by atoms with Crippen molar-refractivity contribution in [3.63, 3.8) is 0 Å². The highest BCUT2D eigenvalue weighted by Gasteiger charge is 2.17. The summed E-state index contributed by atoms with van der Waals surface area (Å²) in [5, 5.41) is 15.3. The predicted octanol–water partition coefficient (Wildman–Crippen LogP) is 8.07. The van der Waals surface area contributed by atoms with Gasteiger partial charge in [0.25, 0.3) is 0 Å². The maximum Gasteiger partial charge on any atom is 0.133 e. The van der Waals surface area contributed by atoms with Gasteiger partial charge in [-0.3, -0.25) is 15.4 Å². The van der Waals surface area contributed by atoms with Crippen LogP contribution in [0.5, 0.6) is 0 Å². The number of rotatable bonds is 12. The Morgan fingerprint density at radius 3 is 2.47 bits per heavy atom. The van der Waals surface area contributed by atoms with E-state index in [0.717, 1.165) is 33.8 Å². The number of nitrogens with zero attached hydrogens (tertiary/aromatic N) is 2. The van der Waals surface area contributed by atoms with E-state index >= 15 is 4.39 Å². The Kier molecular flexibility index (Phi) is 9.81. The Morgan fingerprint density at radius 2 is 1.77 bits per heavy atom. The molecule has 4 rings (SSSR count). The van der Waals surface area contributed by atoms with Gasteiger partial charge in [0.1, 0.15) is 5.82 Å². The monoisotopic (exact) mass is 570 g/mol. The highest BCUT2D eigenvalue weighted by Crippen LogP contribution is 2.30. The van der Waals surface area contributed by atoms with Gasteiger partial charge in [-0.2, -0.15) is 0 Å². The number of hydrogen-bond acceptors (Lipinski definition) is 6. The molecule has 0 aliphatic rings. The second-order valence-corrected chi connectivity index (χ2v) is 10.0. The number of pyridine rings is 2. The van der Waals surface area contributed by atoms with Crippen molar-refractivity contribution in [2.45, 2.75) is 20.3 Å². The van der Waals surface area contributed by atoms with Crippen LogP contribution in [0.3, 0.4) is 0 Å². The number of allylic oxidation sites excluding steroid dienone is 7. The summed E-state index contributed by atoms with van der Waals surface area (Å²) in [5.41, 5.74) is 13.8. The summed E-state index contributed by atoms with van der Waals surface area (Å²) in [4.78, 5) is 8.75. The molecule has 0 unspecified atom stereocenters. The molecule has 0 fully saturated rings. The van der Waals surface area contributed by atoms with Crippen LogP contribution in [0, 0.1) is 11.2 Å². The lowest BCUT2D eigenvalue weighted by molar-refractivity contribution is 0.632. The van der Waals surface area contributed by atoms with Gasteiger partial charge in [0.05, 0.1) is 29.0 Å². The van der Waals surface area contributed by atoms with E-state index in [-0.39, 0.29) is 17.0 Å². The van der Waals surface area contributed by atoms with Gasteiger partial charge in [0, 0.05) is 58.2 Å². The molecule has 0 amide bonds. The van der Waals surface area contributed by atoms with E-state index in [1.807, 2.05) is 68.5 Å². The van der Waals surface area contributed by atoms with Gasteiger partial charge >= 0.3 is 0 Å². The predicted molar refractivity (Wildman–Crippen MR) is 177 cm³/mol. The Balaban J connectivity index is 1.56. The molecule has 0 saturated carbocycles. The zero-order chi connectivity index (χ0) is 30.9. The fourth-order valence-corrected chi connectivity index (χ4v) is 4.56. The number of halogens is 1. The topological polar surface area (TPSA) is 99.7 Å². The molecule has 0 bridgehead atoms. The van der Waals surface area contributed by atoms with Crippen molar-refractivity contribution in [2.24, 2.45) is 0 Å².